The summed E-state index contributed by atoms with van der Waals surface area (Å²) in [5.41, 5.74) is 0. The van der Waals surface area contributed by atoms with Crippen molar-refractivity contribution in [1.82, 2.24) is 4.31 Å². The van der Waals surface area contributed by atoms with Crippen molar-refractivity contribution >= 4 is 18.9 Å². The van der Waals surface area contributed by atoms with Crippen LogP contribution in [-0.2, 0) is 4.74 Å². The summed E-state index contributed by atoms with van der Waals surface area (Å²) in [6, 6.07) is 0. The van der Waals surface area contributed by atoms with Gasteiger partial charge in [0.05, 0.1) is 6.61 Å². The van der Waals surface area contributed by atoms with E-state index in [9.17, 15) is 4.79 Å². The smallest absolute Gasteiger partial charge is 0.419 e. The molecule has 0 rings (SSSR count). The maximum absolute atomic E-state index is 11.6. The highest BCUT2D eigenvalue weighted by molar-refractivity contribution is 7.78. The van der Waals surface area contributed by atoms with Gasteiger partial charge in [-0.15, -0.1) is 0 Å². The number of unbranched alkanes of at least 4 members (excludes halogenated alkanes) is 8. The highest BCUT2D eigenvalue weighted by atomic mass is 32.1. The Morgan fingerprint density at radius 2 is 1.42 bits per heavy atom. The first kappa shape index (κ1) is 18.6. The normalized spacial score (nSPS) is 10.5. The third-order valence-electron chi connectivity index (χ3n) is 3.16. The zero-order valence-corrected chi connectivity index (χ0v) is 13.6. The van der Waals surface area contributed by atoms with Crippen LogP contribution in [0.4, 0.5) is 4.79 Å². The fourth-order valence-corrected chi connectivity index (χ4v) is 2.10. The number of amides is 1. The fourth-order valence-electron chi connectivity index (χ4n) is 1.90. The van der Waals surface area contributed by atoms with E-state index in [0.717, 1.165) is 25.7 Å². The third-order valence-corrected chi connectivity index (χ3v) is 3.52. The summed E-state index contributed by atoms with van der Waals surface area (Å²) >= 11 is 4.17. The number of carbonyl (C=O) groups excluding carboxylic acids is 1. The van der Waals surface area contributed by atoms with E-state index < -0.39 is 0 Å². The minimum absolute atomic E-state index is 0.297. The van der Waals surface area contributed by atoms with Crippen LogP contribution in [0.1, 0.15) is 78.1 Å². The Kier molecular flexibility index (Phi) is 13.8. The molecule has 19 heavy (non-hydrogen) atoms. The van der Waals surface area contributed by atoms with E-state index in [1.165, 1.54) is 42.8 Å². The monoisotopic (exact) mass is 289 g/mol. The molecule has 0 aromatic rings. The molecule has 3 nitrogen and oxygen atoms in total. The van der Waals surface area contributed by atoms with Gasteiger partial charge in [-0.05, 0) is 12.8 Å². The van der Waals surface area contributed by atoms with Crippen LogP contribution >= 0.6 is 12.8 Å². The van der Waals surface area contributed by atoms with E-state index in [1.807, 2.05) is 0 Å². The number of nitrogens with zero attached hydrogens (tertiary/aromatic N) is 1. The first-order valence-corrected chi connectivity index (χ1v) is 8.25. The zero-order valence-electron chi connectivity index (χ0n) is 12.7. The SMILES string of the molecule is CCCCCCCOC(=O)N(S)CCCCCCC. The Morgan fingerprint density at radius 1 is 0.895 bits per heavy atom. The van der Waals surface area contributed by atoms with Crippen LogP contribution in [0, 0.1) is 0 Å². The molecular formula is C15H31NO2S. The number of carbonyl (C=O) groups is 1. The van der Waals surface area contributed by atoms with Crippen molar-refractivity contribution in [3.05, 3.63) is 0 Å². The molecule has 0 aliphatic heterocycles. The van der Waals surface area contributed by atoms with E-state index in [-0.39, 0.29) is 6.09 Å². The van der Waals surface area contributed by atoms with E-state index in [0.29, 0.717) is 13.2 Å². The molecule has 0 radical (unpaired) electrons. The van der Waals surface area contributed by atoms with Crippen LogP contribution in [-0.4, -0.2) is 23.6 Å². The summed E-state index contributed by atoms with van der Waals surface area (Å²) in [4.78, 5) is 11.6. The molecule has 0 spiro atoms. The molecule has 0 unspecified atom stereocenters. The van der Waals surface area contributed by atoms with E-state index >= 15 is 0 Å². The van der Waals surface area contributed by atoms with Crippen molar-refractivity contribution < 1.29 is 9.53 Å². The molecule has 0 aliphatic carbocycles. The molecule has 4 heteroatoms. The summed E-state index contributed by atoms with van der Waals surface area (Å²) in [6.07, 6.45) is 11.5. The van der Waals surface area contributed by atoms with Crippen molar-refractivity contribution in [2.24, 2.45) is 0 Å². The van der Waals surface area contributed by atoms with Crippen molar-refractivity contribution in [3.8, 4) is 0 Å². The maximum atomic E-state index is 11.6. The van der Waals surface area contributed by atoms with Gasteiger partial charge in [0.25, 0.3) is 0 Å². The number of thiol groups is 1. The number of hydrogen-bond donors (Lipinski definition) is 1. The molecule has 0 heterocycles. The molecule has 0 bridgehead atoms. The second-order valence-corrected chi connectivity index (χ2v) is 5.55. The Morgan fingerprint density at radius 3 is 2.00 bits per heavy atom. The molecule has 114 valence electrons. The van der Waals surface area contributed by atoms with Crippen LogP contribution < -0.4 is 0 Å². The standard InChI is InChI=1S/C15H31NO2S/c1-3-5-7-9-11-13-16(19)15(17)18-14-12-10-8-6-4-2/h19H,3-14H2,1-2H3. The second-order valence-electron chi connectivity index (χ2n) is 5.07. The highest BCUT2D eigenvalue weighted by Gasteiger charge is 2.09. The summed E-state index contributed by atoms with van der Waals surface area (Å²) in [7, 11) is 0. The summed E-state index contributed by atoms with van der Waals surface area (Å²) in [6.45, 7) is 5.60. The molecule has 0 fully saturated rings. The van der Waals surface area contributed by atoms with Crippen LogP contribution in [0.15, 0.2) is 0 Å². The van der Waals surface area contributed by atoms with Crippen LogP contribution in [0.3, 0.4) is 0 Å². The Hall–Kier alpha value is -0.380. The van der Waals surface area contributed by atoms with Gasteiger partial charge in [0.2, 0.25) is 0 Å². The predicted molar refractivity (Wildman–Crippen MR) is 84.6 cm³/mol. The van der Waals surface area contributed by atoms with Crippen LogP contribution in [0.25, 0.3) is 0 Å². The minimum Gasteiger partial charge on any atom is -0.449 e. The Labute approximate surface area is 124 Å². The summed E-state index contributed by atoms with van der Waals surface area (Å²) < 4.78 is 6.57. The molecule has 0 N–H and O–H groups in total. The van der Waals surface area contributed by atoms with Gasteiger partial charge in [-0.2, -0.15) is 0 Å². The first-order valence-electron chi connectivity index (χ1n) is 7.85. The van der Waals surface area contributed by atoms with Crippen LogP contribution in [0.2, 0.25) is 0 Å². The molecule has 0 aromatic carbocycles. The number of rotatable bonds is 12. The average Bonchev–Trinajstić information content (AvgIpc) is 2.42. The summed E-state index contributed by atoms with van der Waals surface area (Å²) in [5.74, 6) is 0. The molecule has 0 atom stereocenters. The van der Waals surface area contributed by atoms with E-state index in [4.69, 9.17) is 4.74 Å². The Balaban J connectivity index is 3.38. The van der Waals surface area contributed by atoms with Gasteiger partial charge in [0.1, 0.15) is 0 Å². The minimum atomic E-state index is -0.297. The molecule has 0 saturated carbocycles. The van der Waals surface area contributed by atoms with E-state index in [1.54, 1.807) is 0 Å². The average molecular weight is 289 g/mol. The highest BCUT2D eigenvalue weighted by Crippen LogP contribution is 2.07. The Bertz CT molecular complexity index is 212. The van der Waals surface area contributed by atoms with E-state index in [2.05, 4.69) is 26.7 Å². The van der Waals surface area contributed by atoms with Gasteiger partial charge >= 0.3 is 6.09 Å². The lowest BCUT2D eigenvalue weighted by atomic mass is 10.1. The van der Waals surface area contributed by atoms with Crippen molar-refractivity contribution in [2.45, 2.75) is 78.1 Å². The van der Waals surface area contributed by atoms with Gasteiger partial charge in [-0.1, -0.05) is 78.0 Å². The van der Waals surface area contributed by atoms with Crippen molar-refractivity contribution in [2.75, 3.05) is 13.2 Å². The fraction of sp³-hybridized carbons (Fsp3) is 0.933. The van der Waals surface area contributed by atoms with Gasteiger partial charge in [0.15, 0.2) is 0 Å². The second kappa shape index (κ2) is 14.0. The van der Waals surface area contributed by atoms with Gasteiger partial charge in [0, 0.05) is 6.54 Å². The molecule has 0 aromatic heterocycles. The van der Waals surface area contributed by atoms with Gasteiger partial charge < -0.3 is 4.74 Å². The lowest BCUT2D eigenvalue weighted by Gasteiger charge is -2.15. The summed E-state index contributed by atoms with van der Waals surface area (Å²) in [5, 5.41) is 0. The van der Waals surface area contributed by atoms with Gasteiger partial charge in [-0.3, -0.25) is 4.31 Å². The zero-order chi connectivity index (χ0) is 14.3. The number of ether oxygens (including phenoxy) is 1. The number of hydrogen-bond acceptors (Lipinski definition) is 3. The maximum Gasteiger partial charge on any atom is 0.419 e. The van der Waals surface area contributed by atoms with Gasteiger partial charge in [-0.25, -0.2) is 4.79 Å². The third kappa shape index (κ3) is 12.4. The molecule has 0 aliphatic rings. The lowest BCUT2D eigenvalue weighted by molar-refractivity contribution is 0.126. The molecule has 1 amide bonds. The molecular weight excluding hydrogens is 258 g/mol. The topological polar surface area (TPSA) is 29.5 Å². The first-order chi connectivity index (χ1) is 9.22. The van der Waals surface area contributed by atoms with Crippen molar-refractivity contribution in [1.29, 1.82) is 0 Å². The van der Waals surface area contributed by atoms with Crippen molar-refractivity contribution in [3.63, 3.8) is 0 Å². The molecule has 0 saturated heterocycles. The quantitative estimate of drug-likeness (QED) is 0.395. The predicted octanol–water partition coefficient (Wildman–Crippen LogP) is 5.21. The lowest BCUT2D eigenvalue weighted by Crippen LogP contribution is -2.24. The van der Waals surface area contributed by atoms with Crippen LogP contribution in [0.5, 0.6) is 0 Å². The largest absolute Gasteiger partial charge is 0.449 e.